The van der Waals surface area contributed by atoms with Crippen LogP contribution < -0.4 is 4.72 Å². The van der Waals surface area contributed by atoms with E-state index in [1.807, 2.05) is 0 Å². The summed E-state index contributed by atoms with van der Waals surface area (Å²) in [5.74, 6) is -0.850. The fourth-order valence-electron chi connectivity index (χ4n) is 2.38. The fourth-order valence-corrected chi connectivity index (χ4v) is 4.70. The van der Waals surface area contributed by atoms with Crippen LogP contribution in [0.15, 0.2) is 51.2 Å². The third-order valence-corrected chi connectivity index (χ3v) is 6.70. The highest BCUT2D eigenvalue weighted by molar-refractivity contribution is 7.94. The molecule has 0 aliphatic heterocycles. The summed E-state index contributed by atoms with van der Waals surface area (Å²) in [5.41, 5.74) is 0.618. The van der Waals surface area contributed by atoms with E-state index in [2.05, 4.69) is 9.88 Å². The van der Waals surface area contributed by atoms with E-state index < -0.39 is 22.0 Å². The van der Waals surface area contributed by atoms with Crippen LogP contribution in [0.5, 0.6) is 0 Å². The average molecular weight is 450 g/mol. The molecule has 9 nitrogen and oxygen atoms in total. The van der Waals surface area contributed by atoms with Crippen molar-refractivity contribution in [1.29, 1.82) is 0 Å². The Balaban J connectivity index is 1.74. The third kappa shape index (κ3) is 4.86. The topological polar surface area (TPSA) is 125 Å². The molecule has 0 atom stereocenters. The van der Waals surface area contributed by atoms with Crippen molar-refractivity contribution in [3.63, 3.8) is 0 Å². The Kier molecular flexibility index (Phi) is 6.53. The van der Waals surface area contributed by atoms with Crippen molar-refractivity contribution in [1.82, 2.24) is 5.16 Å². The molecule has 0 saturated heterocycles. The highest BCUT2D eigenvalue weighted by Crippen LogP contribution is 2.32. The average Bonchev–Trinajstić information content (AvgIpc) is 3.39. The van der Waals surface area contributed by atoms with Crippen molar-refractivity contribution < 1.29 is 32.0 Å². The molecule has 11 heteroatoms. The van der Waals surface area contributed by atoms with Gasteiger partial charge in [0.1, 0.15) is 4.21 Å². The Morgan fingerprint density at radius 2 is 1.70 bits per heavy atom. The van der Waals surface area contributed by atoms with Gasteiger partial charge in [-0.25, -0.2) is 18.0 Å². The monoisotopic (exact) mass is 450 g/mol. The minimum Gasteiger partial charge on any atom is -0.462 e. The highest BCUT2D eigenvalue weighted by atomic mass is 32.2. The second-order valence-corrected chi connectivity index (χ2v) is 8.81. The van der Waals surface area contributed by atoms with Gasteiger partial charge in [0.2, 0.25) is 0 Å². The number of anilines is 1. The zero-order chi connectivity index (χ0) is 21.7. The molecular formula is C19H18N2O7S2. The van der Waals surface area contributed by atoms with Crippen LogP contribution in [0, 0.1) is 0 Å². The minimum atomic E-state index is -3.86. The van der Waals surface area contributed by atoms with Gasteiger partial charge < -0.3 is 14.0 Å². The molecule has 0 aliphatic rings. The van der Waals surface area contributed by atoms with E-state index in [1.54, 1.807) is 19.9 Å². The lowest BCUT2D eigenvalue weighted by Gasteiger charge is -2.07. The molecule has 0 aliphatic carbocycles. The number of thiophene rings is 1. The lowest BCUT2D eigenvalue weighted by molar-refractivity contribution is 0.0509. The number of aromatic nitrogens is 1. The maximum atomic E-state index is 12.7. The predicted octanol–water partition coefficient (Wildman–Crippen LogP) is 3.56. The predicted molar refractivity (Wildman–Crippen MR) is 109 cm³/mol. The Morgan fingerprint density at radius 1 is 1.03 bits per heavy atom. The molecule has 0 radical (unpaired) electrons. The summed E-state index contributed by atoms with van der Waals surface area (Å²) in [5, 5.41) is 3.64. The van der Waals surface area contributed by atoms with Crippen LogP contribution in [0.3, 0.4) is 0 Å². The zero-order valence-corrected chi connectivity index (χ0v) is 17.7. The van der Waals surface area contributed by atoms with Gasteiger partial charge in [-0.15, -0.1) is 11.3 Å². The second-order valence-electron chi connectivity index (χ2n) is 5.82. The fraction of sp³-hybridized carbons (Fsp3) is 0.211. The van der Waals surface area contributed by atoms with Crippen LogP contribution in [0.1, 0.15) is 34.7 Å². The zero-order valence-electron chi connectivity index (χ0n) is 16.1. The molecule has 3 rings (SSSR count). The normalized spacial score (nSPS) is 11.1. The number of sulfonamides is 1. The van der Waals surface area contributed by atoms with E-state index in [1.165, 1.54) is 36.4 Å². The van der Waals surface area contributed by atoms with Crippen LogP contribution in [-0.4, -0.2) is 38.7 Å². The Hall–Kier alpha value is -3.18. The summed E-state index contributed by atoms with van der Waals surface area (Å²) in [6.45, 7) is 3.83. The van der Waals surface area contributed by atoms with Crippen molar-refractivity contribution in [2.45, 2.75) is 18.1 Å². The molecule has 158 valence electrons. The number of nitrogens with one attached hydrogen (secondary N) is 1. The van der Waals surface area contributed by atoms with Gasteiger partial charge in [0, 0.05) is 11.8 Å². The standard InChI is InChI=1S/C19H18N2O7S2/c1-3-26-18(22)12-5-7-13(8-6-12)21-30(24,25)17-10-9-16(29-17)15-11-14(20-28-15)19(23)27-4-2/h5-11,21H,3-4H2,1-2H3. The minimum absolute atomic E-state index is 0.00414. The summed E-state index contributed by atoms with van der Waals surface area (Å²) in [7, 11) is -3.86. The van der Waals surface area contributed by atoms with Crippen molar-refractivity contribution >= 4 is 39.0 Å². The van der Waals surface area contributed by atoms with Crippen molar-refractivity contribution in [3.8, 4) is 10.6 Å². The van der Waals surface area contributed by atoms with E-state index in [9.17, 15) is 18.0 Å². The van der Waals surface area contributed by atoms with E-state index in [0.717, 1.165) is 11.3 Å². The third-order valence-electron chi connectivity index (χ3n) is 3.73. The summed E-state index contributed by atoms with van der Waals surface area (Å²) >= 11 is 0.955. The van der Waals surface area contributed by atoms with Gasteiger partial charge in [-0.05, 0) is 50.2 Å². The molecule has 0 saturated carbocycles. The molecule has 2 aromatic heterocycles. The van der Waals surface area contributed by atoms with Crippen molar-refractivity contribution in [2.75, 3.05) is 17.9 Å². The van der Waals surface area contributed by atoms with E-state index >= 15 is 0 Å². The molecule has 2 heterocycles. The lowest BCUT2D eigenvalue weighted by Crippen LogP contribution is -2.11. The van der Waals surface area contributed by atoms with E-state index in [0.29, 0.717) is 16.1 Å². The van der Waals surface area contributed by atoms with Gasteiger partial charge in [-0.3, -0.25) is 4.72 Å². The molecule has 30 heavy (non-hydrogen) atoms. The molecular weight excluding hydrogens is 432 g/mol. The summed E-state index contributed by atoms with van der Waals surface area (Å²) < 4.78 is 42.7. The number of hydrogen-bond acceptors (Lipinski definition) is 9. The molecule has 0 fully saturated rings. The number of carbonyl (C=O) groups is 2. The van der Waals surface area contributed by atoms with E-state index in [4.69, 9.17) is 14.0 Å². The summed E-state index contributed by atoms with van der Waals surface area (Å²) in [6.07, 6.45) is 0. The smallest absolute Gasteiger partial charge is 0.360 e. The van der Waals surface area contributed by atoms with Crippen molar-refractivity contribution in [2.24, 2.45) is 0 Å². The van der Waals surface area contributed by atoms with Gasteiger partial charge in [-0.1, -0.05) is 5.16 Å². The maximum Gasteiger partial charge on any atom is 0.360 e. The van der Waals surface area contributed by atoms with Crippen LogP contribution in [0.2, 0.25) is 0 Å². The van der Waals surface area contributed by atoms with E-state index in [-0.39, 0.29) is 28.9 Å². The van der Waals surface area contributed by atoms with Gasteiger partial charge in [0.25, 0.3) is 10.0 Å². The highest BCUT2D eigenvalue weighted by Gasteiger charge is 2.21. The summed E-state index contributed by atoms with van der Waals surface area (Å²) in [4.78, 5) is 23.8. The quantitative estimate of drug-likeness (QED) is 0.517. The molecule has 1 aromatic carbocycles. The lowest BCUT2D eigenvalue weighted by atomic mass is 10.2. The van der Waals surface area contributed by atoms with Gasteiger partial charge in [0.15, 0.2) is 11.5 Å². The number of hydrogen-bond donors (Lipinski definition) is 1. The number of esters is 2. The van der Waals surface area contributed by atoms with Gasteiger partial charge in [0.05, 0.1) is 23.7 Å². The first-order chi connectivity index (χ1) is 14.3. The van der Waals surface area contributed by atoms with Crippen LogP contribution in [0.25, 0.3) is 10.6 Å². The first kappa shape index (κ1) is 21.5. The Labute approximate surface area is 176 Å². The SMILES string of the molecule is CCOC(=O)c1ccc(NS(=O)(=O)c2ccc(-c3cc(C(=O)OCC)no3)s2)cc1. The maximum absolute atomic E-state index is 12.7. The molecule has 0 spiro atoms. The first-order valence-electron chi connectivity index (χ1n) is 8.88. The first-order valence-corrected chi connectivity index (χ1v) is 11.2. The number of nitrogens with zero attached hydrogens (tertiary/aromatic N) is 1. The molecule has 0 bridgehead atoms. The molecule has 3 aromatic rings. The molecule has 0 amide bonds. The molecule has 1 N–H and O–H groups in total. The number of ether oxygens (including phenoxy) is 2. The van der Waals surface area contributed by atoms with Crippen molar-refractivity contribution in [3.05, 3.63) is 53.7 Å². The van der Waals surface area contributed by atoms with Crippen LogP contribution >= 0.6 is 11.3 Å². The number of rotatable bonds is 8. The molecule has 0 unspecified atom stereocenters. The van der Waals surface area contributed by atoms with Crippen LogP contribution in [0.4, 0.5) is 5.69 Å². The van der Waals surface area contributed by atoms with Gasteiger partial charge in [-0.2, -0.15) is 0 Å². The Bertz CT molecular complexity index is 1150. The van der Waals surface area contributed by atoms with Crippen LogP contribution in [-0.2, 0) is 19.5 Å². The Morgan fingerprint density at radius 3 is 2.37 bits per heavy atom. The number of benzene rings is 1. The largest absolute Gasteiger partial charge is 0.462 e. The summed E-state index contributed by atoms with van der Waals surface area (Å²) in [6, 6.07) is 10.3. The van der Waals surface area contributed by atoms with Gasteiger partial charge >= 0.3 is 11.9 Å². The second kappa shape index (κ2) is 9.09. The number of carbonyl (C=O) groups excluding carboxylic acids is 2.